The van der Waals surface area contributed by atoms with E-state index >= 15 is 0 Å². The van der Waals surface area contributed by atoms with Crippen molar-refractivity contribution in [1.29, 1.82) is 0 Å². The van der Waals surface area contributed by atoms with Crippen LogP contribution in [0, 0.1) is 6.92 Å². The normalized spacial score (nSPS) is 13.0. The number of nitrogens with one attached hydrogen (secondary N) is 1. The zero-order chi connectivity index (χ0) is 12.4. The number of rotatable bonds is 4. The van der Waals surface area contributed by atoms with E-state index in [-0.39, 0.29) is 5.75 Å². The Balaban J connectivity index is 2.59. The lowest BCUT2D eigenvalue weighted by Gasteiger charge is -2.18. The van der Waals surface area contributed by atoms with Gasteiger partial charge in [0.2, 0.25) is 10.0 Å². The Morgan fingerprint density at radius 2 is 2.12 bits per heavy atom. The van der Waals surface area contributed by atoms with E-state index < -0.39 is 15.6 Å². The molecule has 92 valence electrons. The monoisotopic (exact) mass is 248 g/mol. The van der Waals surface area contributed by atoms with Crippen LogP contribution < -0.4 is 4.89 Å². The Morgan fingerprint density at radius 1 is 1.50 bits per heavy atom. The van der Waals surface area contributed by atoms with Crippen molar-refractivity contribution < 1.29 is 17.8 Å². The summed E-state index contributed by atoms with van der Waals surface area (Å²) in [6.45, 7) is 6.93. The maximum absolute atomic E-state index is 11.5. The third-order valence-electron chi connectivity index (χ3n) is 1.49. The summed E-state index contributed by atoms with van der Waals surface area (Å²) < 4.78 is 27.8. The number of sulfonamides is 1. The van der Waals surface area contributed by atoms with Crippen LogP contribution in [-0.2, 0) is 20.6 Å². The van der Waals surface area contributed by atoms with Gasteiger partial charge >= 0.3 is 0 Å². The molecule has 0 saturated carbocycles. The van der Waals surface area contributed by atoms with Crippen LogP contribution in [0.4, 0.5) is 0 Å². The van der Waals surface area contributed by atoms with Gasteiger partial charge in [-0.25, -0.2) is 8.42 Å². The molecule has 16 heavy (non-hydrogen) atoms. The van der Waals surface area contributed by atoms with Crippen molar-refractivity contribution in [2.24, 2.45) is 0 Å². The second-order valence-corrected chi connectivity index (χ2v) is 6.17. The fraction of sp³-hybridized carbons (Fsp3) is 0.667. The summed E-state index contributed by atoms with van der Waals surface area (Å²) >= 11 is 0. The van der Waals surface area contributed by atoms with Crippen molar-refractivity contribution in [3.8, 4) is 0 Å². The summed E-state index contributed by atoms with van der Waals surface area (Å²) in [5, 5.41) is 3.60. The Morgan fingerprint density at radius 3 is 2.56 bits per heavy atom. The smallest absolute Gasteiger partial charge is 0.239 e. The lowest BCUT2D eigenvalue weighted by atomic mass is 10.2. The van der Waals surface area contributed by atoms with E-state index in [1.54, 1.807) is 33.8 Å². The van der Waals surface area contributed by atoms with Crippen LogP contribution in [0.25, 0.3) is 0 Å². The van der Waals surface area contributed by atoms with E-state index in [4.69, 9.17) is 9.36 Å². The van der Waals surface area contributed by atoms with Crippen LogP contribution in [0.2, 0.25) is 0 Å². The van der Waals surface area contributed by atoms with Gasteiger partial charge in [-0.05, 0) is 27.7 Å². The van der Waals surface area contributed by atoms with Gasteiger partial charge in [-0.1, -0.05) is 10.0 Å². The summed E-state index contributed by atoms with van der Waals surface area (Å²) in [5.74, 6) is 0.308. The Labute approximate surface area is 95.0 Å². The molecule has 1 N–H and O–H groups in total. The first kappa shape index (κ1) is 13.1. The molecular formula is C9H16N2O4S. The maximum atomic E-state index is 11.5. The summed E-state index contributed by atoms with van der Waals surface area (Å²) in [6.07, 6.45) is 0. The van der Waals surface area contributed by atoms with Gasteiger partial charge in [0.1, 0.15) is 17.2 Å². The quantitative estimate of drug-likeness (QED) is 0.808. The number of aryl methyl sites for hydroxylation is 1. The molecule has 0 spiro atoms. The topological polar surface area (TPSA) is 81.4 Å². The predicted octanol–water partition coefficient (Wildman–Crippen LogP) is 1.13. The molecule has 0 unspecified atom stereocenters. The van der Waals surface area contributed by atoms with Gasteiger partial charge in [-0.3, -0.25) is 4.84 Å². The van der Waals surface area contributed by atoms with Crippen molar-refractivity contribution in [2.75, 3.05) is 0 Å². The molecule has 0 aliphatic rings. The van der Waals surface area contributed by atoms with Gasteiger partial charge in [-0.15, -0.1) is 0 Å². The average Bonchev–Trinajstić information content (AvgIpc) is 2.46. The SMILES string of the molecule is Cc1cc(CS(=O)(=O)NOC(C)(C)C)no1. The summed E-state index contributed by atoms with van der Waals surface area (Å²) in [5.41, 5.74) is -0.227. The second kappa shape index (κ2) is 4.52. The lowest BCUT2D eigenvalue weighted by molar-refractivity contribution is -0.0358. The Hall–Kier alpha value is -0.920. The molecule has 1 aromatic rings. The molecule has 0 bridgehead atoms. The molecule has 0 saturated heterocycles. The van der Waals surface area contributed by atoms with Gasteiger partial charge in [0, 0.05) is 6.07 Å². The highest BCUT2D eigenvalue weighted by atomic mass is 32.2. The van der Waals surface area contributed by atoms with E-state index in [1.165, 1.54) is 0 Å². The minimum absolute atomic E-state index is 0.263. The average molecular weight is 248 g/mol. The van der Waals surface area contributed by atoms with E-state index in [0.717, 1.165) is 0 Å². The molecule has 0 aliphatic carbocycles. The zero-order valence-electron chi connectivity index (χ0n) is 9.77. The van der Waals surface area contributed by atoms with Crippen molar-refractivity contribution >= 4 is 10.0 Å². The first-order valence-corrected chi connectivity index (χ1v) is 6.43. The molecular weight excluding hydrogens is 232 g/mol. The molecule has 0 radical (unpaired) electrons. The standard InChI is InChI=1S/C9H16N2O4S/c1-7-5-8(10-14-7)6-16(12,13)11-15-9(2,3)4/h5,11H,6H2,1-4H3. The Kier molecular flexibility index (Phi) is 3.72. The van der Waals surface area contributed by atoms with Gasteiger partial charge in [-0.2, -0.15) is 0 Å². The van der Waals surface area contributed by atoms with Crippen LogP contribution in [0.1, 0.15) is 32.2 Å². The predicted molar refractivity (Wildman–Crippen MR) is 57.8 cm³/mol. The number of hydrogen-bond acceptors (Lipinski definition) is 5. The largest absolute Gasteiger partial charge is 0.361 e. The van der Waals surface area contributed by atoms with Crippen molar-refractivity contribution in [2.45, 2.75) is 39.0 Å². The molecule has 0 atom stereocenters. The molecule has 0 aromatic carbocycles. The fourth-order valence-electron chi connectivity index (χ4n) is 0.899. The minimum atomic E-state index is -3.55. The van der Waals surface area contributed by atoms with Crippen molar-refractivity contribution in [1.82, 2.24) is 10.0 Å². The van der Waals surface area contributed by atoms with Gasteiger partial charge < -0.3 is 4.52 Å². The van der Waals surface area contributed by atoms with Gasteiger partial charge in [0.05, 0.1) is 5.60 Å². The van der Waals surface area contributed by atoms with E-state index in [2.05, 4.69) is 5.16 Å². The number of hydrogen-bond donors (Lipinski definition) is 1. The van der Waals surface area contributed by atoms with E-state index in [9.17, 15) is 8.42 Å². The van der Waals surface area contributed by atoms with E-state index in [1.807, 2.05) is 4.89 Å². The first-order valence-electron chi connectivity index (χ1n) is 4.78. The molecule has 0 amide bonds. The Bertz CT molecular complexity index is 444. The fourth-order valence-corrected chi connectivity index (χ4v) is 1.86. The second-order valence-electron chi connectivity index (χ2n) is 4.49. The molecule has 0 aliphatic heterocycles. The van der Waals surface area contributed by atoms with Crippen LogP contribution in [0.3, 0.4) is 0 Å². The molecule has 1 aromatic heterocycles. The summed E-state index contributed by atoms with van der Waals surface area (Å²) in [6, 6.07) is 1.57. The van der Waals surface area contributed by atoms with Crippen LogP contribution in [0.5, 0.6) is 0 Å². The van der Waals surface area contributed by atoms with Crippen molar-refractivity contribution in [3.05, 3.63) is 17.5 Å². The van der Waals surface area contributed by atoms with Crippen molar-refractivity contribution in [3.63, 3.8) is 0 Å². The third kappa shape index (κ3) is 4.73. The number of nitrogens with zero attached hydrogens (tertiary/aromatic N) is 1. The number of aromatic nitrogens is 1. The zero-order valence-corrected chi connectivity index (χ0v) is 10.6. The van der Waals surface area contributed by atoms with Crippen LogP contribution in [0.15, 0.2) is 10.6 Å². The highest BCUT2D eigenvalue weighted by Gasteiger charge is 2.19. The maximum Gasteiger partial charge on any atom is 0.239 e. The first-order chi connectivity index (χ1) is 7.18. The van der Waals surface area contributed by atoms with E-state index in [0.29, 0.717) is 11.5 Å². The molecule has 1 heterocycles. The molecule has 7 heteroatoms. The highest BCUT2D eigenvalue weighted by Crippen LogP contribution is 2.08. The molecule has 1 rings (SSSR count). The molecule has 6 nitrogen and oxygen atoms in total. The lowest BCUT2D eigenvalue weighted by Crippen LogP contribution is -2.34. The van der Waals surface area contributed by atoms with Gasteiger partial charge in [0.25, 0.3) is 0 Å². The van der Waals surface area contributed by atoms with Gasteiger partial charge in [0.15, 0.2) is 0 Å². The van der Waals surface area contributed by atoms with Crippen LogP contribution in [-0.4, -0.2) is 19.2 Å². The summed E-state index contributed by atoms with van der Waals surface area (Å²) in [4.78, 5) is 7.02. The van der Waals surface area contributed by atoms with Crippen LogP contribution >= 0.6 is 0 Å². The minimum Gasteiger partial charge on any atom is -0.361 e. The summed E-state index contributed by atoms with van der Waals surface area (Å²) in [7, 11) is -3.55. The highest BCUT2D eigenvalue weighted by molar-refractivity contribution is 7.88. The third-order valence-corrected chi connectivity index (χ3v) is 2.50. The molecule has 0 fully saturated rings.